The van der Waals surface area contributed by atoms with Crippen LogP contribution in [0.3, 0.4) is 0 Å². The Hall–Kier alpha value is -1.22. The molecule has 1 unspecified atom stereocenters. The average molecular weight is 243 g/mol. The smallest absolute Gasteiger partial charge is 0.303 e. The Morgan fingerprint density at radius 3 is 2.62 bits per heavy atom. The van der Waals surface area contributed by atoms with E-state index in [9.17, 15) is 9.90 Å². The van der Waals surface area contributed by atoms with Gasteiger partial charge in [-0.05, 0) is 35.6 Å². The summed E-state index contributed by atoms with van der Waals surface area (Å²) in [7, 11) is 0. The van der Waals surface area contributed by atoms with Crippen molar-refractivity contribution < 1.29 is 15.0 Å². The number of hydrogen-bond donors (Lipinski definition) is 2. The number of carbonyl (C=O) groups is 1. The van der Waals surface area contributed by atoms with E-state index >= 15 is 0 Å². The van der Waals surface area contributed by atoms with Gasteiger partial charge < -0.3 is 10.2 Å². The van der Waals surface area contributed by atoms with Gasteiger partial charge >= 0.3 is 5.97 Å². The van der Waals surface area contributed by atoms with Gasteiger partial charge in [0.2, 0.25) is 0 Å². The fourth-order valence-electron chi connectivity index (χ4n) is 1.66. The molecule has 4 heteroatoms. The molecule has 0 aliphatic heterocycles. The normalized spacial score (nSPS) is 12.4. The largest absolute Gasteiger partial charge is 0.508 e. The number of phenols is 1. The Labute approximate surface area is 99.7 Å². The summed E-state index contributed by atoms with van der Waals surface area (Å²) < 4.78 is 0. The van der Waals surface area contributed by atoms with E-state index < -0.39 is 5.97 Å². The zero-order valence-corrected chi connectivity index (χ0v) is 10.1. The molecule has 0 aromatic heterocycles. The number of carboxylic acids is 1. The highest BCUT2D eigenvalue weighted by Crippen LogP contribution is 2.33. The van der Waals surface area contributed by atoms with E-state index in [1.807, 2.05) is 6.92 Å². The SMILES string of the molecule is CCc1cc(O)c(C(C)CC(=O)O)cc1Cl. The number of aryl methyl sites for hydroxylation is 1. The Morgan fingerprint density at radius 2 is 2.12 bits per heavy atom. The van der Waals surface area contributed by atoms with Crippen LogP contribution in [0.2, 0.25) is 5.02 Å². The fourth-order valence-corrected chi connectivity index (χ4v) is 1.96. The Bertz CT molecular complexity index is 401. The lowest BCUT2D eigenvalue weighted by Gasteiger charge is -2.13. The molecule has 0 amide bonds. The molecule has 88 valence electrons. The van der Waals surface area contributed by atoms with Crippen molar-refractivity contribution >= 4 is 17.6 Å². The molecule has 0 aliphatic rings. The first-order valence-electron chi connectivity index (χ1n) is 5.18. The highest BCUT2D eigenvalue weighted by molar-refractivity contribution is 6.31. The van der Waals surface area contributed by atoms with Crippen molar-refractivity contribution in [3.8, 4) is 5.75 Å². The molecule has 16 heavy (non-hydrogen) atoms. The third-order valence-electron chi connectivity index (χ3n) is 2.59. The molecule has 2 N–H and O–H groups in total. The van der Waals surface area contributed by atoms with E-state index in [0.717, 1.165) is 12.0 Å². The maximum Gasteiger partial charge on any atom is 0.303 e. The van der Waals surface area contributed by atoms with E-state index in [2.05, 4.69) is 0 Å². The maximum atomic E-state index is 10.6. The van der Waals surface area contributed by atoms with Gasteiger partial charge in [0.1, 0.15) is 5.75 Å². The summed E-state index contributed by atoms with van der Waals surface area (Å²) in [5.74, 6) is -1.02. The molecule has 1 aromatic carbocycles. The molecule has 3 nitrogen and oxygen atoms in total. The molecule has 0 spiro atoms. The first-order chi connectivity index (χ1) is 7.45. The summed E-state index contributed by atoms with van der Waals surface area (Å²) in [5, 5.41) is 19.0. The Kier molecular flexibility index (Phi) is 4.19. The van der Waals surface area contributed by atoms with Crippen LogP contribution in [0.15, 0.2) is 12.1 Å². The number of rotatable bonds is 4. The van der Waals surface area contributed by atoms with E-state index in [1.165, 1.54) is 0 Å². The van der Waals surface area contributed by atoms with Gasteiger partial charge in [-0.25, -0.2) is 0 Å². The fraction of sp³-hybridized carbons (Fsp3) is 0.417. The highest BCUT2D eigenvalue weighted by atomic mass is 35.5. The van der Waals surface area contributed by atoms with Gasteiger partial charge in [-0.15, -0.1) is 0 Å². The lowest BCUT2D eigenvalue weighted by atomic mass is 9.95. The molecule has 1 rings (SSSR count). The molecule has 1 aromatic rings. The highest BCUT2D eigenvalue weighted by Gasteiger charge is 2.15. The van der Waals surface area contributed by atoms with E-state index in [1.54, 1.807) is 19.1 Å². The molecule has 1 atom stereocenters. The predicted octanol–water partition coefficient (Wildman–Crippen LogP) is 3.19. The van der Waals surface area contributed by atoms with Crippen LogP contribution in [0.1, 0.15) is 37.3 Å². The Morgan fingerprint density at radius 1 is 1.50 bits per heavy atom. The molecule has 0 aliphatic carbocycles. The van der Waals surface area contributed by atoms with Gasteiger partial charge in [-0.1, -0.05) is 25.4 Å². The van der Waals surface area contributed by atoms with Crippen molar-refractivity contribution in [2.45, 2.75) is 32.6 Å². The third kappa shape index (κ3) is 2.89. The average Bonchev–Trinajstić information content (AvgIpc) is 2.19. The zero-order chi connectivity index (χ0) is 12.3. The number of aliphatic carboxylic acids is 1. The summed E-state index contributed by atoms with van der Waals surface area (Å²) in [6.45, 7) is 3.70. The van der Waals surface area contributed by atoms with Crippen LogP contribution in [0, 0.1) is 0 Å². The topological polar surface area (TPSA) is 57.5 Å². The van der Waals surface area contributed by atoms with Crippen molar-refractivity contribution in [3.63, 3.8) is 0 Å². The minimum absolute atomic E-state index is 0.0185. The monoisotopic (exact) mass is 242 g/mol. The number of carboxylic acid groups (broad SMARTS) is 1. The van der Waals surface area contributed by atoms with Crippen LogP contribution in [-0.4, -0.2) is 16.2 Å². The molecular weight excluding hydrogens is 228 g/mol. The van der Waals surface area contributed by atoms with Crippen molar-refractivity contribution in [2.24, 2.45) is 0 Å². The van der Waals surface area contributed by atoms with Crippen LogP contribution in [0.5, 0.6) is 5.75 Å². The van der Waals surface area contributed by atoms with Crippen molar-refractivity contribution in [3.05, 3.63) is 28.3 Å². The minimum atomic E-state index is -0.886. The number of aromatic hydroxyl groups is 1. The number of phenolic OH excluding ortho intramolecular Hbond substituents is 1. The number of halogens is 1. The van der Waals surface area contributed by atoms with Crippen molar-refractivity contribution in [1.29, 1.82) is 0 Å². The minimum Gasteiger partial charge on any atom is -0.508 e. The second-order valence-corrected chi connectivity index (χ2v) is 4.26. The predicted molar refractivity (Wildman–Crippen MR) is 63.2 cm³/mol. The lowest BCUT2D eigenvalue weighted by molar-refractivity contribution is -0.137. The maximum absolute atomic E-state index is 10.6. The number of hydrogen-bond acceptors (Lipinski definition) is 2. The quantitative estimate of drug-likeness (QED) is 0.853. The summed E-state index contributed by atoms with van der Waals surface area (Å²) in [5.41, 5.74) is 1.45. The molecule has 0 saturated heterocycles. The van der Waals surface area contributed by atoms with Crippen molar-refractivity contribution in [1.82, 2.24) is 0 Å². The molecule has 0 heterocycles. The van der Waals surface area contributed by atoms with Crippen LogP contribution in [-0.2, 0) is 11.2 Å². The van der Waals surface area contributed by atoms with Gasteiger partial charge in [0.25, 0.3) is 0 Å². The molecule has 0 saturated carbocycles. The third-order valence-corrected chi connectivity index (χ3v) is 2.94. The van der Waals surface area contributed by atoms with Gasteiger partial charge in [0.05, 0.1) is 6.42 Å². The first-order valence-corrected chi connectivity index (χ1v) is 5.56. The van der Waals surface area contributed by atoms with Gasteiger partial charge in [0.15, 0.2) is 0 Å². The van der Waals surface area contributed by atoms with Gasteiger partial charge in [-0.2, -0.15) is 0 Å². The summed E-state index contributed by atoms with van der Waals surface area (Å²) in [6.07, 6.45) is 0.718. The summed E-state index contributed by atoms with van der Waals surface area (Å²) >= 11 is 6.02. The van der Waals surface area contributed by atoms with E-state index in [0.29, 0.717) is 10.6 Å². The lowest BCUT2D eigenvalue weighted by Crippen LogP contribution is -2.03. The van der Waals surface area contributed by atoms with Gasteiger partial charge in [-0.3, -0.25) is 4.79 Å². The van der Waals surface area contributed by atoms with Crippen LogP contribution >= 0.6 is 11.6 Å². The summed E-state index contributed by atoms with van der Waals surface area (Å²) in [6, 6.07) is 3.26. The van der Waals surface area contributed by atoms with Crippen LogP contribution in [0.4, 0.5) is 0 Å². The van der Waals surface area contributed by atoms with Crippen LogP contribution in [0.25, 0.3) is 0 Å². The second-order valence-electron chi connectivity index (χ2n) is 3.85. The Balaban J connectivity index is 3.05. The zero-order valence-electron chi connectivity index (χ0n) is 9.33. The summed E-state index contributed by atoms with van der Waals surface area (Å²) in [4.78, 5) is 10.6. The molecule has 0 bridgehead atoms. The van der Waals surface area contributed by atoms with Crippen LogP contribution < -0.4 is 0 Å². The molecule has 0 fully saturated rings. The first kappa shape index (κ1) is 12.8. The number of benzene rings is 1. The second kappa shape index (κ2) is 5.21. The molecule has 0 radical (unpaired) electrons. The van der Waals surface area contributed by atoms with Gasteiger partial charge in [0, 0.05) is 5.02 Å². The van der Waals surface area contributed by atoms with E-state index in [4.69, 9.17) is 16.7 Å². The van der Waals surface area contributed by atoms with E-state index in [-0.39, 0.29) is 18.1 Å². The van der Waals surface area contributed by atoms with Crippen molar-refractivity contribution in [2.75, 3.05) is 0 Å². The molecular formula is C12H15ClO3. The standard InChI is InChI=1S/C12H15ClO3/c1-3-8-5-11(14)9(6-10(8)13)7(2)4-12(15)16/h5-7,14H,3-4H2,1-2H3,(H,15,16).